The average molecular weight is 340 g/mol. The summed E-state index contributed by atoms with van der Waals surface area (Å²) in [6, 6.07) is 13.7. The van der Waals surface area contributed by atoms with Gasteiger partial charge in [-0.05, 0) is 43.3 Å². The Bertz CT molecular complexity index is 783. The Labute approximate surface area is 147 Å². The average Bonchev–Trinajstić information content (AvgIpc) is 3.08. The number of imidazole rings is 1. The summed E-state index contributed by atoms with van der Waals surface area (Å²) in [5.41, 5.74) is 9.47. The molecule has 1 aromatic heterocycles. The Hall–Kier alpha value is -2.57. The molecule has 0 unspecified atom stereocenters. The molecule has 3 aromatic rings. The van der Waals surface area contributed by atoms with Crippen LogP contribution in [-0.4, -0.2) is 42.5 Å². The first kappa shape index (κ1) is 17.3. The molecule has 0 bridgehead atoms. The van der Waals surface area contributed by atoms with Crippen molar-refractivity contribution in [3.63, 3.8) is 0 Å². The third-order valence-electron chi connectivity index (χ3n) is 3.85. The van der Waals surface area contributed by atoms with Crippen LogP contribution in [0.1, 0.15) is 6.92 Å². The number of hydrogen-bond donors (Lipinski definition) is 2. The van der Waals surface area contributed by atoms with Crippen LogP contribution in [0.25, 0.3) is 16.7 Å². The van der Waals surface area contributed by atoms with Crippen LogP contribution < -0.4 is 15.8 Å². The van der Waals surface area contributed by atoms with Gasteiger partial charge >= 0.3 is 0 Å². The van der Waals surface area contributed by atoms with Crippen LogP contribution in [0.5, 0.6) is 5.75 Å². The van der Waals surface area contributed by atoms with Crippen LogP contribution in [0.15, 0.2) is 48.8 Å². The minimum Gasteiger partial charge on any atom is -0.494 e. The molecule has 4 rings (SSSR count). The summed E-state index contributed by atoms with van der Waals surface area (Å²) < 4.78 is 12.5. The maximum Gasteiger partial charge on any atom is 0.121 e. The second-order valence-corrected chi connectivity index (χ2v) is 5.65. The second-order valence-electron chi connectivity index (χ2n) is 5.65. The summed E-state index contributed by atoms with van der Waals surface area (Å²) in [6.45, 7) is 6.46. The van der Waals surface area contributed by atoms with Gasteiger partial charge in [0.15, 0.2) is 0 Å². The first-order chi connectivity index (χ1) is 12.3. The van der Waals surface area contributed by atoms with Gasteiger partial charge in [0.2, 0.25) is 0 Å². The lowest BCUT2D eigenvalue weighted by Crippen LogP contribution is -2.30. The molecule has 1 saturated heterocycles. The molecule has 3 N–H and O–H groups in total. The SMILES string of the molecule is C1COCCN1.CCOc1ccc2c(c1)ncn2-c1ccc(N)cc1. The van der Waals surface area contributed by atoms with E-state index in [2.05, 4.69) is 10.3 Å². The van der Waals surface area contributed by atoms with Crippen molar-refractivity contribution in [2.45, 2.75) is 6.92 Å². The van der Waals surface area contributed by atoms with Crippen LogP contribution in [-0.2, 0) is 4.74 Å². The first-order valence-corrected chi connectivity index (χ1v) is 8.52. The summed E-state index contributed by atoms with van der Waals surface area (Å²) in [7, 11) is 0. The maximum absolute atomic E-state index is 5.70. The normalized spacial score (nSPS) is 14.0. The third kappa shape index (κ3) is 4.49. The van der Waals surface area contributed by atoms with Gasteiger partial charge in [-0.15, -0.1) is 0 Å². The van der Waals surface area contributed by atoms with Crippen LogP contribution in [0, 0.1) is 0 Å². The molecular weight excluding hydrogens is 316 g/mol. The smallest absolute Gasteiger partial charge is 0.121 e. The number of nitrogen functional groups attached to an aromatic ring is 1. The molecule has 25 heavy (non-hydrogen) atoms. The highest BCUT2D eigenvalue weighted by atomic mass is 16.5. The molecule has 2 heterocycles. The second kappa shape index (κ2) is 8.50. The van der Waals surface area contributed by atoms with E-state index in [0.29, 0.717) is 6.61 Å². The van der Waals surface area contributed by atoms with Crippen molar-refractivity contribution in [3.8, 4) is 11.4 Å². The highest BCUT2D eigenvalue weighted by Crippen LogP contribution is 2.23. The van der Waals surface area contributed by atoms with E-state index in [9.17, 15) is 0 Å². The lowest BCUT2D eigenvalue weighted by atomic mass is 10.2. The van der Waals surface area contributed by atoms with Gasteiger partial charge in [-0.25, -0.2) is 4.98 Å². The highest BCUT2D eigenvalue weighted by Gasteiger charge is 2.05. The largest absolute Gasteiger partial charge is 0.494 e. The number of morpholine rings is 1. The number of anilines is 1. The van der Waals surface area contributed by atoms with E-state index < -0.39 is 0 Å². The predicted molar refractivity (Wildman–Crippen MR) is 100 cm³/mol. The number of aromatic nitrogens is 2. The van der Waals surface area contributed by atoms with E-state index in [1.54, 1.807) is 0 Å². The van der Waals surface area contributed by atoms with Gasteiger partial charge in [-0.1, -0.05) is 0 Å². The zero-order valence-electron chi connectivity index (χ0n) is 14.4. The Kier molecular flexibility index (Phi) is 5.87. The lowest BCUT2D eigenvalue weighted by molar-refractivity contribution is 0.109. The topological polar surface area (TPSA) is 74.3 Å². The number of nitrogens with two attached hydrogens (primary N) is 1. The van der Waals surface area contributed by atoms with E-state index in [-0.39, 0.29) is 0 Å². The summed E-state index contributed by atoms with van der Waals surface area (Å²) >= 11 is 0. The zero-order valence-corrected chi connectivity index (χ0v) is 14.4. The van der Waals surface area contributed by atoms with Crippen LogP contribution in [0.3, 0.4) is 0 Å². The van der Waals surface area contributed by atoms with Crippen molar-refractivity contribution in [2.24, 2.45) is 0 Å². The van der Waals surface area contributed by atoms with E-state index in [4.69, 9.17) is 15.2 Å². The van der Waals surface area contributed by atoms with Crippen molar-refractivity contribution in [3.05, 3.63) is 48.8 Å². The van der Waals surface area contributed by atoms with E-state index in [1.165, 1.54) is 0 Å². The number of rotatable bonds is 3. The molecule has 1 fully saturated rings. The maximum atomic E-state index is 5.70. The van der Waals surface area contributed by atoms with Gasteiger partial charge in [0.25, 0.3) is 0 Å². The van der Waals surface area contributed by atoms with Gasteiger partial charge in [0.05, 0.1) is 30.9 Å². The number of fused-ring (bicyclic) bond motifs is 1. The fourth-order valence-corrected chi connectivity index (χ4v) is 2.61. The minimum absolute atomic E-state index is 0.657. The van der Waals surface area contributed by atoms with Gasteiger partial charge < -0.3 is 20.5 Å². The van der Waals surface area contributed by atoms with Crippen LogP contribution in [0.2, 0.25) is 0 Å². The minimum atomic E-state index is 0.657. The van der Waals surface area contributed by atoms with Crippen LogP contribution in [0.4, 0.5) is 5.69 Å². The van der Waals surface area contributed by atoms with Gasteiger partial charge in [0, 0.05) is 30.5 Å². The molecule has 0 radical (unpaired) electrons. The molecule has 132 valence electrons. The zero-order chi connectivity index (χ0) is 17.5. The van der Waals surface area contributed by atoms with Gasteiger partial charge in [-0.2, -0.15) is 0 Å². The Morgan fingerprint density at radius 1 is 1.16 bits per heavy atom. The highest BCUT2D eigenvalue weighted by molar-refractivity contribution is 5.79. The molecule has 0 aliphatic carbocycles. The quantitative estimate of drug-likeness (QED) is 0.717. The van der Waals surface area contributed by atoms with Crippen molar-refractivity contribution in [1.29, 1.82) is 0 Å². The van der Waals surface area contributed by atoms with E-state index >= 15 is 0 Å². The fraction of sp³-hybridized carbons (Fsp3) is 0.316. The number of ether oxygens (including phenoxy) is 2. The van der Waals surface area contributed by atoms with E-state index in [0.717, 1.165) is 54.5 Å². The predicted octanol–water partition coefficient (Wildman–Crippen LogP) is 2.61. The standard InChI is InChI=1S/C15H15N3O.C4H9NO/c1-2-19-13-7-8-15-14(9-13)17-10-18(15)12-5-3-11(16)4-6-12;1-3-6-4-2-5-1/h3-10H,2,16H2,1H3;5H,1-4H2. The number of nitrogens with zero attached hydrogens (tertiary/aromatic N) is 2. The molecule has 0 saturated carbocycles. The first-order valence-electron chi connectivity index (χ1n) is 8.52. The van der Waals surface area contributed by atoms with Gasteiger partial charge in [-0.3, -0.25) is 4.57 Å². The lowest BCUT2D eigenvalue weighted by Gasteiger charge is -2.10. The number of hydrogen-bond acceptors (Lipinski definition) is 5. The molecule has 1 aliphatic heterocycles. The van der Waals surface area contributed by atoms with Gasteiger partial charge in [0.1, 0.15) is 12.1 Å². The fourth-order valence-electron chi connectivity index (χ4n) is 2.61. The summed E-state index contributed by atoms with van der Waals surface area (Å²) in [5, 5.41) is 3.16. The Balaban J connectivity index is 0.000000258. The molecule has 0 amide bonds. The van der Waals surface area contributed by atoms with Crippen molar-refractivity contribution >= 4 is 16.7 Å². The molecule has 1 aliphatic rings. The monoisotopic (exact) mass is 340 g/mol. The summed E-state index contributed by atoms with van der Waals surface area (Å²) in [4.78, 5) is 4.41. The number of nitrogens with one attached hydrogen (secondary N) is 1. The van der Waals surface area contributed by atoms with Crippen molar-refractivity contribution < 1.29 is 9.47 Å². The van der Waals surface area contributed by atoms with Crippen molar-refractivity contribution in [1.82, 2.24) is 14.9 Å². The third-order valence-corrected chi connectivity index (χ3v) is 3.85. The molecule has 6 heteroatoms. The number of benzene rings is 2. The summed E-state index contributed by atoms with van der Waals surface area (Å²) in [5.74, 6) is 0.845. The summed E-state index contributed by atoms with van der Waals surface area (Å²) in [6.07, 6.45) is 1.81. The molecular formula is C19H24N4O2. The molecule has 0 atom stereocenters. The molecule has 2 aromatic carbocycles. The Morgan fingerprint density at radius 2 is 1.92 bits per heavy atom. The van der Waals surface area contributed by atoms with E-state index in [1.807, 2.05) is 60.3 Å². The molecule has 6 nitrogen and oxygen atoms in total. The Morgan fingerprint density at radius 3 is 2.52 bits per heavy atom. The van der Waals surface area contributed by atoms with Crippen LogP contribution >= 0.6 is 0 Å². The van der Waals surface area contributed by atoms with Crippen molar-refractivity contribution in [2.75, 3.05) is 38.6 Å². The molecule has 0 spiro atoms.